The number of aromatic amines is 1. The molecular weight excluding hydrogens is 330 g/mol. The van der Waals surface area contributed by atoms with E-state index in [1.54, 1.807) is 24.5 Å². The van der Waals surface area contributed by atoms with Crippen LogP contribution in [0.4, 0.5) is 0 Å². The Balaban J connectivity index is 1.62. The number of aromatic nitrogens is 4. The molecule has 0 saturated carbocycles. The number of benzene rings is 1. The summed E-state index contributed by atoms with van der Waals surface area (Å²) >= 11 is 0. The lowest BCUT2D eigenvalue weighted by Gasteiger charge is -2.02. The van der Waals surface area contributed by atoms with E-state index in [1.807, 2.05) is 36.4 Å². The highest BCUT2D eigenvalue weighted by Gasteiger charge is 2.12. The maximum atomic E-state index is 12.3. The molecule has 0 bridgehead atoms. The fourth-order valence-electron chi connectivity index (χ4n) is 2.64. The highest BCUT2D eigenvalue weighted by Crippen LogP contribution is 2.15. The number of hydrogen-bond acceptors (Lipinski definition) is 4. The summed E-state index contributed by atoms with van der Waals surface area (Å²) < 4.78 is 1.26. The van der Waals surface area contributed by atoms with Crippen molar-refractivity contribution in [1.82, 2.24) is 24.9 Å². The van der Waals surface area contributed by atoms with E-state index in [9.17, 15) is 9.59 Å². The van der Waals surface area contributed by atoms with Crippen LogP contribution >= 0.6 is 0 Å². The number of rotatable bonds is 4. The number of amides is 1. The smallest absolute Gasteiger partial charge is 0.273 e. The molecular formula is C19H15N5O2. The van der Waals surface area contributed by atoms with Crippen molar-refractivity contribution in [1.29, 1.82) is 0 Å². The van der Waals surface area contributed by atoms with Crippen LogP contribution in [0, 0.1) is 0 Å². The van der Waals surface area contributed by atoms with Crippen molar-refractivity contribution in [2.24, 2.45) is 0 Å². The SMILES string of the molecule is O=C(NCc1cccnc1)c1cc2nc(-c3ccccc3)cc(=O)n2[nH]1. The van der Waals surface area contributed by atoms with Crippen LogP contribution in [0.15, 0.2) is 71.8 Å². The number of pyridine rings is 1. The molecule has 3 aromatic heterocycles. The first-order valence-electron chi connectivity index (χ1n) is 8.06. The predicted molar refractivity (Wildman–Crippen MR) is 96.7 cm³/mol. The Morgan fingerprint density at radius 1 is 1.12 bits per heavy atom. The van der Waals surface area contributed by atoms with Crippen LogP contribution < -0.4 is 10.9 Å². The molecule has 4 aromatic rings. The monoisotopic (exact) mass is 345 g/mol. The van der Waals surface area contributed by atoms with E-state index in [1.165, 1.54) is 10.6 Å². The van der Waals surface area contributed by atoms with Crippen LogP contribution in [0.2, 0.25) is 0 Å². The van der Waals surface area contributed by atoms with Gasteiger partial charge in [0.25, 0.3) is 11.5 Å². The van der Waals surface area contributed by atoms with Gasteiger partial charge < -0.3 is 5.32 Å². The minimum atomic E-state index is -0.319. The van der Waals surface area contributed by atoms with Crippen LogP contribution in [0.1, 0.15) is 16.1 Å². The molecule has 7 nitrogen and oxygen atoms in total. The molecule has 0 aliphatic carbocycles. The lowest BCUT2D eigenvalue weighted by atomic mass is 10.1. The molecule has 2 N–H and O–H groups in total. The lowest BCUT2D eigenvalue weighted by molar-refractivity contribution is 0.0945. The second kappa shape index (κ2) is 6.64. The predicted octanol–water partition coefficient (Wildman–Crippen LogP) is 2.01. The second-order valence-electron chi connectivity index (χ2n) is 5.75. The molecule has 7 heteroatoms. The van der Waals surface area contributed by atoms with E-state index in [0.29, 0.717) is 17.9 Å². The highest BCUT2D eigenvalue weighted by molar-refractivity contribution is 5.93. The third-order valence-corrected chi connectivity index (χ3v) is 3.94. The van der Waals surface area contributed by atoms with Crippen LogP contribution in [0.5, 0.6) is 0 Å². The van der Waals surface area contributed by atoms with Gasteiger partial charge in [0.15, 0.2) is 5.65 Å². The number of H-pyrrole nitrogens is 1. The number of carbonyl (C=O) groups is 1. The van der Waals surface area contributed by atoms with Crippen molar-refractivity contribution in [3.63, 3.8) is 0 Å². The zero-order chi connectivity index (χ0) is 17.9. The van der Waals surface area contributed by atoms with Gasteiger partial charge in [0, 0.05) is 36.6 Å². The van der Waals surface area contributed by atoms with Crippen LogP contribution in [-0.2, 0) is 6.54 Å². The quantitative estimate of drug-likeness (QED) is 0.592. The molecule has 1 aromatic carbocycles. The molecule has 0 unspecified atom stereocenters. The van der Waals surface area contributed by atoms with Gasteiger partial charge in [-0.15, -0.1) is 0 Å². The summed E-state index contributed by atoms with van der Waals surface area (Å²) in [6.45, 7) is 0.347. The van der Waals surface area contributed by atoms with Gasteiger partial charge >= 0.3 is 0 Å². The lowest BCUT2D eigenvalue weighted by Crippen LogP contribution is -2.24. The summed E-state index contributed by atoms with van der Waals surface area (Å²) in [6.07, 6.45) is 3.36. The van der Waals surface area contributed by atoms with E-state index in [2.05, 4.69) is 20.4 Å². The summed E-state index contributed by atoms with van der Waals surface area (Å²) in [5.41, 5.74) is 2.68. The Bertz CT molecular complexity index is 1120. The molecule has 0 aliphatic rings. The zero-order valence-electron chi connectivity index (χ0n) is 13.7. The summed E-state index contributed by atoms with van der Waals surface area (Å²) in [4.78, 5) is 33.2. The molecule has 0 radical (unpaired) electrons. The van der Waals surface area contributed by atoms with Crippen LogP contribution in [0.3, 0.4) is 0 Å². The van der Waals surface area contributed by atoms with E-state index in [4.69, 9.17) is 0 Å². The molecule has 0 spiro atoms. The van der Waals surface area contributed by atoms with Crippen molar-refractivity contribution < 1.29 is 4.79 Å². The largest absolute Gasteiger partial charge is 0.347 e. The summed E-state index contributed by atoms with van der Waals surface area (Å²) in [7, 11) is 0. The summed E-state index contributed by atoms with van der Waals surface area (Å²) in [5, 5.41) is 5.58. The van der Waals surface area contributed by atoms with Crippen LogP contribution in [0.25, 0.3) is 16.9 Å². The number of carbonyl (C=O) groups excluding carboxylic acids is 1. The third kappa shape index (κ3) is 3.10. The molecule has 0 fully saturated rings. The Morgan fingerprint density at radius 3 is 2.73 bits per heavy atom. The second-order valence-corrected chi connectivity index (χ2v) is 5.75. The molecule has 4 rings (SSSR count). The van der Waals surface area contributed by atoms with Crippen molar-refractivity contribution in [2.45, 2.75) is 6.54 Å². The fraction of sp³-hybridized carbons (Fsp3) is 0.0526. The van der Waals surface area contributed by atoms with E-state index in [-0.39, 0.29) is 17.2 Å². The molecule has 0 atom stereocenters. The zero-order valence-corrected chi connectivity index (χ0v) is 13.7. The highest BCUT2D eigenvalue weighted by atomic mass is 16.2. The standard InChI is InChI=1S/C19H15N5O2/c25-18-10-15(14-6-2-1-3-7-14)22-17-9-16(23-24(17)18)19(26)21-12-13-5-4-8-20-11-13/h1-11,23H,12H2,(H,21,26). The molecule has 0 saturated heterocycles. The van der Waals surface area contributed by atoms with E-state index in [0.717, 1.165) is 11.1 Å². The van der Waals surface area contributed by atoms with Crippen molar-refractivity contribution in [3.8, 4) is 11.3 Å². The maximum absolute atomic E-state index is 12.3. The van der Waals surface area contributed by atoms with Gasteiger partial charge in [0.1, 0.15) is 5.69 Å². The molecule has 0 aliphatic heterocycles. The van der Waals surface area contributed by atoms with E-state index >= 15 is 0 Å². The number of hydrogen-bond donors (Lipinski definition) is 2. The van der Waals surface area contributed by atoms with Gasteiger partial charge in [-0.2, -0.15) is 0 Å². The first-order chi connectivity index (χ1) is 12.7. The maximum Gasteiger partial charge on any atom is 0.273 e. The fourth-order valence-corrected chi connectivity index (χ4v) is 2.64. The van der Waals surface area contributed by atoms with Crippen molar-refractivity contribution in [2.75, 3.05) is 0 Å². The average molecular weight is 345 g/mol. The van der Waals surface area contributed by atoms with Gasteiger partial charge in [-0.05, 0) is 11.6 Å². The van der Waals surface area contributed by atoms with Crippen molar-refractivity contribution >= 4 is 11.6 Å². The third-order valence-electron chi connectivity index (χ3n) is 3.94. The minimum Gasteiger partial charge on any atom is -0.347 e. The number of nitrogens with one attached hydrogen (secondary N) is 2. The Morgan fingerprint density at radius 2 is 1.96 bits per heavy atom. The molecule has 128 valence electrons. The first kappa shape index (κ1) is 15.8. The van der Waals surface area contributed by atoms with Gasteiger partial charge in [0.05, 0.1) is 5.69 Å². The van der Waals surface area contributed by atoms with E-state index < -0.39 is 0 Å². The van der Waals surface area contributed by atoms with Gasteiger partial charge in [-0.25, -0.2) is 9.50 Å². The van der Waals surface area contributed by atoms with Gasteiger partial charge in [-0.3, -0.25) is 19.7 Å². The Kier molecular flexibility index (Phi) is 4.03. The minimum absolute atomic E-state index is 0.267. The van der Waals surface area contributed by atoms with Crippen LogP contribution in [-0.4, -0.2) is 25.5 Å². The summed E-state index contributed by atoms with van der Waals surface area (Å²) in [5.74, 6) is -0.319. The first-order valence-corrected chi connectivity index (χ1v) is 8.06. The number of fused-ring (bicyclic) bond motifs is 1. The van der Waals surface area contributed by atoms with Crippen molar-refractivity contribution in [3.05, 3.63) is 88.6 Å². The van der Waals surface area contributed by atoms with Gasteiger partial charge in [-0.1, -0.05) is 36.4 Å². The molecule has 3 heterocycles. The molecule has 26 heavy (non-hydrogen) atoms. The molecule has 1 amide bonds. The average Bonchev–Trinajstić information content (AvgIpc) is 3.12. The Hall–Kier alpha value is -3.74. The van der Waals surface area contributed by atoms with Gasteiger partial charge in [0.2, 0.25) is 0 Å². The normalized spacial score (nSPS) is 10.8. The summed E-state index contributed by atoms with van der Waals surface area (Å²) in [6, 6.07) is 16.1. The Labute approximate surface area is 148 Å². The topological polar surface area (TPSA) is 92.2 Å². The number of nitrogens with zero attached hydrogens (tertiary/aromatic N) is 3.